The number of aryl methyl sites for hydroxylation is 2. The van der Waals surface area contributed by atoms with Crippen LogP contribution in [-0.2, 0) is 39.0 Å². The first-order valence-corrected chi connectivity index (χ1v) is 14.1. The van der Waals surface area contributed by atoms with E-state index in [1.54, 1.807) is 12.1 Å². The van der Waals surface area contributed by atoms with Gasteiger partial charge in [0.25, 0.3) is 0 Å². The first-order valence-electron chi connectivity index (χ1n) is 12.3. The molecule has 37 heavy (non-hydrogen) atoms. The number of carbonyl (C=O) groups excluding carboxylic acids is 2. The summed E-state index contributed by atoms with van der Waals surface area (Å²) in [5.74, 6) is -0.771. The zero-order valence-corrected chi connectivity index (χ0v) is 22.7. The molecule has 0 bridgehead atoms. The van der Waals surface area contributed by atoms with Crippen molar-refractivity contribution in [3.8, 4) is 0 Å². The molecule has 1 atom stereocenters. The predicted molar refractivity (Wildman–Crippen MR) is 148 cm³/mol. The highest BCUT2D eigenvalue weighted by molar-refractivity contribution is 7.92. The van der Waals surface area contributed by atoms with E-state index in [0.717, 1.165) is 32.8 Å². The number of sulfonamides is 1. The number of rotatable bonds is 11. The van der Waals surface area contributed by atoms with Crippen molar-refractivity contribution in [1.29, 1.82) is 0 Å². The summed E-state index contributed by atoms with van der Waals surface area (Å²) in [5, 5.41) is 2.69. The first kappa shape index (κ1) is 27.9. The minimum atomic E-state index is -3.78. The third-order valence-corrected chi connectivity index (χ3v) is 7.40. The maximum absolute atomic E-state index is 14.0. The number of benzene rings is 3. The molecule has 0 fully saturated rings. The molecule has 3 aromatic rings. The standard InChI is InChI=1S/C29H35N3O4S/c1-5-25-16-9-10-17-26(25)32(37(4,35)36)21-28(33)31(20-24-15-11-12-22(2)18-24)27(29(34)30-3)19-23-13-7-6-8-14-23/h6-18,27H,5,19-21H2,1-4H3,(H,30,34)/t27-/m0/s1. The van der Waals surface area contributed by atoms with Crippen LogP contribution in [0.4, 0.5) is 5.69 Å². The van der Waals surface area contributed by atoms with E-state index in [2.05, 4.69) is 5.32 Å². The van der Waals surface area contributed by atoms with Crippen LogP contribution in [0.3, 0.4) is 0 Å². The molecular formula is C29H35N3O4S. The molecule has 0 heterocycles. The number of likely N-dealkylation sites (N-methyl/N-ethyl adjacent to an activating group) is 1. The highest BCUT2D eigenvalue weighted by Crippen LogP contribution is 2.24. The third-order valence-electron chi connectivity index (χ3n) is 6.27. The van der Waals surface area contributed by atoms with Gasteiger partial charge in [-0.15, -0.1) is 0 Å². The molecule has 0 spiro atoms. The molecule has 0 aromatic heterocycles. The van der Waals surface area contributed by atoms with Gasteiger partial charge in [0.1, 0.15) is 12.6 Å². The average Bonchev–Trinajstić information content (AvgIpc) is 2.88. The summed E-state index contributed by atoms with van der Waals surface area (Å²) in [6.07, 6.45) is 2.00. The number of hydrogen-bond donors (Lipinski definition) is 1. The molecule has 7 nitrogen and oxygen atoms in total. The van der Waals surface area contributed by atoms with Crippen LogP contribution in [0.5, 0.6) is 0 Å². The fraction of sp³-hybridized carbons (Fsp3) is 0.310. The Kier molecular flexibility index (Phi) is 9.47. The Balaban J connectivity index is 2.05. The molecule has 0 saturated heterocycles. The lowest BCUT2D eigenvalue weighted by Gasteiger charge is -2.33. The largest absolute Gasteiger partial charge is 0.357 e. The summed E-state index contributed by atoms with van der Waals surface area (Å²) < 4.78 is 26.9. The lowest BCUT2D eigenvalue weighted by molar-refractivity contribution is -0.139. The summed E-state index contributed by atoms with van der Waals surface area (Å²) >= 11 is 0. The number of hydrogen-bond acceptors (Lipinski definition) is 4. The normalized spacial score (nSPS) is 12.0. The number of para-hydroxylation sites is 1. The SMILES string of the molecule is CCc1ccccc1N(CC(=O)N(Cc1cccc(C)c1)[C@@H](Cc1ccccc1)C(=O)NC)S(C)(=O)=O. The van der Waals surface area contributed by atoms with Gasteiger partial charge in [-0.3, -0.25) is 13.9 Å². The molecule has 0 aliphatic heterocycles. The van der Waals surface area contributed by atoms with Crippen molar-refractivity contribution >= 4 is 27.5 Å². The molecule has 0 radical (unpaired) electrons. The van der Waals surface area contributed by atoms with E-state index in [-0.39, 0.29) is 12.5 Å². The van der Waals surface area contributed by atoms with E-state index in [1.165, 1.54) is 11.9 Å². The van der Waals surface area contributed by atoms with E-state index in [1.807, 2.05) is 80.6 Å². The fourth-order valence-electron chi connectivity index (χ4n) is 4.38. The van der Waals surface area contributed by atoms with E-state index in [0.29, 0.717) is 18.5 Å². The van der Waals surface area contributed by atoms with Crippen LogP contribution in [0.1, 0.15) is 29.2 Å². The van der Waals surface area contributed by atoms with E-state index < -0.39 is 28.5 Å². The van der Waals surface area contributed by atoms with Crippen LogP contribution < -0.4 is 9.62 Å². The summed E-state index contributed by atoms with van der Waals surface area (Å²) in [4.78, 5) is 28.6. The second-order valence-corrected chi connectivity index (χ2v) is 11.0. The number of anilines is 1. The van der Waals surface area contributed by atoms with Crippen molar-refractivity contribution in [1.82, 2.24) is 10.2 Å². The van der Waals surface area contributed by atoms with Crippen LogP contribution in [-0.4, -0.2) is 51.0 Å². The molecule has 0 saturated carbocycles. The van der Waals surface area contributed by atoms with Crippen molar-refractivity contribution in [2.75, 3.05) is 24.2 Å². The zero-order chi connectivity index (χ0) is 27.0. The Bertz CT molecular complexity index is 1330. The number of nitrogens with zero attached hydrogens (tertiary/aromatic N) is 2. The number of amides is 2. The van der Waals surface area contributed by atoms with Gasteiger partial charge in [-0.05, 0) is 36.1 Å². The first-order chi connectivity index (χ1) is 17.6. The van der Waals surface area contributed by atoms with Crippen molar-refractivity contribution in [3.63, 3.8) is 0 Å². The van der Waals surface area contributed by atoms with Crippen molar-refractivity contribution in [2.45, 2.75) is 39.3 Å². The van der Waals surface area contributed by atoms with Gasteiger partial charge in [-0.2, -0.15) is 0 Å². The second-order valence-electron chi connectivity index (χ2n) is 9.08. The van der Waals surface area contributed by atoms with Gasteiger partial charge in [0.2, 0.25) is 21.8 Å². The smallest absolute Gasteiger partial charge is 0.244 e. The van der Waals surface area contributed by atoms with Gasteiger partial charge >= 0.3 is 0 Å². The van der Waals surface area contributed by atoms with Crippen molar-refractivity contribution in [2.24, 2.45) is 0 Å². The quantitative estimate of drug-likeness (QED) is 0.417. The topological polar surface area (TPSA) is 86.8 Å². The maximum Gasteiger partial charge on any atom is 0.244 e. The van der Waals surface area contributed by atoms with Gasteiger partial charge < -0.3 is 10.2 Å². The zero-order valence-electron chi connectivity index (χ0n) is 21.8. The Morgan fingerprint density at radius 2 is 1.57 bits per heavy atom. The van der Waals surface area contributed by atoms with Crippen molar-refractivity contribution in [3.05, 3.63) is 101 Å². The Morgan fingerprint density at radius 1 is 0.919 bits per heavy atom. The van der Waals surface area contributed by atoms with E-state index in [4.69, 9.17) is 0 Å². The van der Waals surface area contributed by atoms with Gasteiger partial charge in [0.05, 0.1) is 11.9 Å². The summed E-state index contributed by atoms with van der Waals surface area (Å²) in [6.45, 7) is 3.65. The van der Waals surface area contributed by atoms with E-state index in [9.17, 15) is 18.0 Å². The summed E-state index contributed by atoms with van der Waals surface area (Å²) in [7, 11) is -2.25. The van der Waals surface area contributed by atoms with Gasteiger partial charge in [0, 0.05) is 20.0 Å². The molecular weight excluding hydrogens is 486 g/mol. The van der Waals surface area contributed by atoms with Crippen molar-refractivity contribution < 1.29 is 18.0 Å². The Morgan fingerprint density at radius 3 is 2.19 bits per heavy atom. The molecule has 1 N–H and O–H groups in total. The molecule has 196 valence electrons. The summed E-state index contributed by atoms with van der Waals surface area (Å²) in [5.41, 5.74) is 4.07. The van der Waals surface area contributed by atoms with Gasteiger partial charge in [-0.25, -0.2) is 8.42 Å². The lowest BCUT2D eigenvalue weighted by atomic mass is 10.0. The Hall–Kier alpha value is -3.65. The number of nitrogens with one attached hydrogen (secondary N) is 1. The monoisotopic (exact) mass is 521 g/mol. The van der Waals surface area contributed by atoms with Crippen LogP contribution in [0.15, 0.2) is 78.9 Å². The highest BCUT2D eigenvalue weighted by atomic mass is 32.2. The minimum absolute atomic E-state index is 0.165. The molecule has 2 amide bonds. The molecule has 0 aliphatic carbocycles. The second kappa shape index (κ2) is 12.5. The molecule has 0 aliphatic rings. The highest BCUT2D eigenvalue weighted by Gasteiger charge is 2.33. The minimum Gasteiger partial charge on any atom is -0.357 e. The number of carbonyl (C=O) groups is 2. The molecule has 3 rings (SSSR count). The van der Waals surface area contributed by atoms with Crippen LogP contribution in [0, 0.1) is 6.92 Å². The van der Waals surface area contributed by atoms with Gasteiger partial charge in [-0.1, -0.05) is 85.3 Å². The fourth-order valence-corrected chi connectivity index (χ4v) is 5.26. The van der Waals surface area contributed by atoms with Crippen LogP contribution in [0.25, 0.3) is 0 Å². The summed E-state index contributed by atoms with van der Waals surface area (Å²) in [6, 6.07) is 23.5. The van der Waals surface area contributed by atoms with Gasteiger partial charge in [0.15, 0.2) is 0 Å². The molecule has 3 aromatic carbocycles. The molecule has 0 unspecified atom stereocenters. The average molecular weight is 522 g/mol. The van der Waals surface area contributed by atoms with E-state index >= 15 is 0 Å². The Labute approximate surface area is 220 Å². The third kappa shape index (κ3) is 7.43. The van der Waals surface area contributed by atoms with Crippen LogP contribution in [0.2, 0.25) is 0 Å². The predicted octanol–water partition coefficient (Wildman–Crippen LogP) is 3.71. The van der Waals surface area contributed by atoms with Crippen LogP contribution >= 0.6 is 0 Å². The molecule has 8 heteroatoms. The maximum atomic E-state index is 14.0. The lowest BCUT2D eigenvalue weighted by Crippen LogP contribution is -2.53.